The predicted molar refractivity (Wildman–Crippen MR) is 102 cm³/mol. The van der Waals surface area contributed by atoms with Crippen molar-refractivity contribution >= 4 is 28.9 Å². The number of ether oxygens (including phenoxy) is 1. The quantitative estimate of drug-likeness (QED) is 0.562. The number of nitrogens with one attached hydrogen (secondary N) is 1. The molecule has 1 atom stereocenters. The number of hydrogen-bond donors (Lipinski definition) is 1. The fourth-order valence-electron chi connectivity index (χ4n) is 2.54. The van der Waals surface area contributed by atoms with Crippen molar-refractivity contribution in [2.24, 2.45) is 0 Å². The molecule has 0 aliphatic heterocycles. The number of anilines is 1. The van der Waals surface area contributed by atoms with E-state index in [0.717, 1.165) is 16.8 Å². The van der Waals surface area contributed by atoms with Crippen LogP contribution in [-0.4, -0.2) is 16.9 Å². The van der Waals surface area contributed by atoms with Gasteiger partial charge in [0.15, 0.2) is 11.9 Å². The van der Waals surface area contributed by atoms with Crippen molar-refractivity contribution in [2.75, 3.05) is 5.32 Å². The maximum absolute atomic E-state index is 12.6. The van der Waals surface area contributed by atoms with Crippen LogP contribution in [0.1, 0.15) is 37.8 Å². The van der Waals surface area contributed by atoms with Crippen LogP contribution in [0.5, 0.6) is 5.75 Å². The molecule has 0 spiro atoms. The lowest BCUT2D eigenvalue weighted by atomic mass is 9.98. The Labute approximate surface area is 157 Å². The van der Waals surface area contributed by atoms with Gasteiger partial charge in [-0.05, 0) is 43.0 Å². The largest absolute Gasteiger partial charge is 0.474 e. The average molecular weight is 377 g/mol. The molecule has 0 unspecified atom stereocenters. The van der Waals surface area contributed by atoms with Gasteiger partial charge in [0.05, 0.1) is 4.92 Å². The van der Waals surface area contributed by atoms with E-state index in [-0.39, 0.29) is 28.3 Å². The number of hydrogen-bond acceptors (Lipinski definition) is 4. The first-order chi connectivity index (χ1) is 12.2. The molecule has 138 valence electrons. The number of nitro benzene ring substituents is 1. The third-order valence-corrected chi connectivity index (χ3v) is 4.20. The first-order valence-electron chi connectivity index (χ1n) is 8.21. The summed E-state index contributed by atoms with van der Waals surface area (Å²) in [5.74, 6) is -0.153. The lowest BCUT2D eigenvalue weighted by molar-refractivity contribution is -0.386. The van der Waals surface area contributed by atoms with Crippen LogP contribution in [-0.2, 0) is 4.79 Å². The summed E-state index contributed by atoms with van der Waals surface area (Å²) in [5, 5.41) is 14.3. The minimum absolute atomic E-state index is 0.00378. The SMILES string of the molecule is Cc1cccc(C(C)C)c1NC(=O)[C@H](C)Oc1ccc(Cl)cc1[N+](=O)[O-]. The number of benzene rings is 2. The number of rotatable bonds is 6. The van der Waals surface area contributed by atoms with Gasteiger partial charge in [0.1, 0.15) is 0 Å². The molecule has 0 bridgehead atoms. The zero-order chi connectivity index (χ0) is 19.4. The van der Waals surface area contributed by atoms with Gasteiger partial charge in [-0.25, -0.2) is 0 Å². The molecular formula is C19H21ClN2O4. The zero-order valence-electron chi connectivity index (χ0n) is 15.1. The van der Waals surface area contributed by atoms with Gasteiger partial charge in [-0.2, -0.15) is 0 Å². The maximum atomic E-state index is 12.6. The fraction of sp³-hybridized carbons (Fsp3) is 0.316. The van der Waals surface area contributed by atoms with E-state index in [9.17, 15) is 14.9 Å². The Morgan fingerprint density at radius 1 is 1.23 bits per heavy atom. The van der Waals surface area contributed by atoms with Crippen molar-refractivity contribution in [3.05, 3.63) is 62.7 Å². The van der Waals surface area contributed by atoms with Crippen molar-refractivity contribution in [1.82, 2.24) is 0 Å². The Bertz CT molecular complexity index is 836. The zero-order valence-corrected chi connectivity index (χ0v) is 15.8. The van der Waals surface area contributed by atoms with Gasteiger partial charge >= 0.3 is 5.69 Å². The summed E-state index contributed by atoms with van der Waals surface area (Å²) >= 11 is 5.79. The van der Waals surface area contributed by atoms with E-state index in [4.69, 9.17) is 16.3 Å². The Morgan fingerprint density at radius 3 is 2.54 bits per heavy atom. The summed E-state index contributed by atoms with van der Waals surface area (Å²) in [7, 11) is 0. The number of carbonyl (C=O) groups excluding carboxylic acids is 1. The maximum Gasteiger partial charge on any atom is 0.312 e. The minimum atomic E-state index is -0.922. The van der Waals surface area contributed by atoms with Gasteiger partial charge in [-0.15, -0.1) is 0 Å². The summed E-state index contributed by atoms with van der Waals surface area (Å²) in [6.45, 7) is 7.54. The lowest BCUT2D eigenvalue weighted by Gasteiger charge is -2.19. The van der Waals surface area contributed by atoms with Crippen molar-refractivity contribution < 1.29 is 14.5 Å². The lowest BCUT2D eigenvalue weighted by Crippen LogP contribution is -2.31. The van der Waals surface area contributed by atoms with E-state index in [1.165, 1.54) is 18.2 Å². The fourth-order valence-corrected chi connectivity index (χ4v) is 2.71. The van der Waals surface area contributed by atoms with Crippen LogP contribution in [0, 0.1) is 17.0 Å². The standard InChI is InChI=1S/C19H21ClN2O4/c1-11(2)15-7-5-6-12(3)18(15)21-19(23)13(4)26-17-9-8-14(20)10-16(17)22(24)25/h5-11,13H,1-4H3,(H,21,23)/t13-/m0/s1. The molecule has 1 amide bonds. The Kier molecular flexibility index (Phi) is 6.21. The molecule has 1 N–H and O–H groups in total. The smallest absolute Gasteiger partial charge is 0.312 e. The highest BCUT2D eigenvalue weighted by atomic mass is 35.5. The van der Waals surface area contributed by atoms with E-state index in [2.05, 4.69) is 5.32 Å². The van der Waals surface area contributed by atoms with Crippen LogP contribution in [0.3, 0.4) is 0 Å². The molecule has 0 saturated carbocycles. The normalized spacial score (nSPS) is 11.9. The first-order valence-corrected chi connectivity index (χ1v) is 8.59. The van der Waals surface area contributed by atoms with Crippen LogP contribution in [0.15, 0.2) is 36.4 Å². The van der Waals surface area contributed by atoms with Crippen LogP contribution >= 0.6 is 11.6 Å². The second kappa shape index (κ2) is 8.19. The number of amides is 1. The molecule has 0 heterocycles. The monoisotopic (exact) mass is 376 g/mol. The van der Waals surface area contributed by atoms with E-state index in [0.29, 0.717) is 0 Å². The first kappa shape index (κ1) is 19.7. The Hall–Kier alpha value is -2.60. The molecule has 2 aromatic rings. The Morgan fingerprint density at radius 2 is 1.92 bits per heavy atom. The highest BCUT2D eigenvalue weighted by Crippen LogP contribution is 2.31. The molecule has 0 aromatic heterocycles. The molecular weight excluding hydrogens is 356 g/mol. The van der Waals surface area contributed by atoms with E-state index in [1.807, 2.05) is 39.0 Å². The average Bonchev–Trinajstić information content (AvgIpc) is 2.57. The number of para-hydroxylation sites is 1. The topological polar surface area (TPSA) is 81.5 Å². The molecule has 6 nitrogen and oxygen atoms in total. The minimum Gasteiger partial charge on any atom is -0.474 e. The summed E-state index contributed by atoms with van der Waals surface area (Å²) in [6, 6.07) is 9.88. The highest BCUT2D eigenvalue weighted by Gasteiger charge is 2.23. The van der Waals surface area contributed by atoms with Crippen molar-refractivity contribution in [3.63, 3.8) is 0 Å². The van der Waals surface area contributed by atoms with E-state index >= 15 is 0 Å². The summed E-state index contributed by atoms with van der Waals surface area (Å²) in [6.07, 6.45) is -0.922. The molecule has 7 heteroatoms. The predicted octanol–water partition coefficient (Wildman–Crippen LogP) is 5.09. The summed E-state index contributed by atoms with van der Waals surface area (Å²) in [4.78, 5) is 23.1. The second-order valence-corrected chi connectivity index (χ2v) is 6.75. The third kappa shape index (κ3) is 4.52. The van der Waals surface area contributed by atoms with Crippen molar-refractivity contribution in [1.29, 1.82) is 0 Å². The van der Waals surface area contributed by atoms with Crippen LogP contribution < -0.4 is 10.1 Å². The number of carbonyl (C=O) groups is 1. The molecule has 0 fully saturated rings. The number of nitro groups is 1. The van der Waals surface area contributed by atoms with Gasteiger partial charge < -0.3 is 10.1 Å². The van der Waals surface area contributed by atoms with E-state index < -0.39 is 11.0 Å². The molecule has 2 rings (SSSR count). The van der Waals surface area contributed by atoms with Gasteiger partial charge in [-0.3, -0.25) is 14.9 Å². The number of halogens is 1. The Balaban J connectivity index is 2.21. The summed E-state index contributed by atoms with van der Waals surface area (Å²) in [5.41, 5.74) is 2.42. The third-order valence-electron chi connectivity index (χ3n) is 3.97. The van der Waals surface area contributed by atoms with Crippen LogP contribution in [0.25, 0.3) is 0 Å². The number of aryl methyl sites for hydroxylation is 1. The number of nitrogens with zero attached hydrogens (tertiary/aromatic N) is 1. The molecule has 0 saturated heterocycles. The molecule has 0 aliphatic rings. The van der Waals surface area contributed by atoms with Crippen LogP contribution in [0.2, 0.25) is 5.02 Å². The summed E-state index contributed by atoms with van der Waals surface area (Å²) < 4.78 is 5.52. The molecule has 2 aromatic carbocycles. The molecule has 0 aliphatic carbocycles. The molecule has 26 heavy (non-hydrogen) atoms. The van der Waals surface area contributed by atoms with E-state index in [1.54, 1.807) is 6.92 Å². The van der Waals surface area contributed by atoms with Crippen molar-refractivity contribution in [3.8, 4) is 5.75 Å². The van der Waals surface area contributed by atoms with Crippen molar-refractivity contribution in [2.45, 2.75) is 39.7 Å². The second-order valence-electron chi connectivity index (χ2n) is 6.31. The highest BCUT2D eigenvalue weighted by molar-refractivity contribution is 6.30. The van der Waals surface area contributed by atoms with Gasteiger partial charge in [0, 0.05) is 16.8 Å². The van der Waals surface area contributed by atoms with Gasteiger partial charge in [0.2, 0.25) is 0 Å². The van der Waals surface area contributed by atoms with Gasteiger partial charge in [-0.1, -0.05) is 43.6 Å². The molecule has 0 radical (unpaired) electrons. The van der Waals surface area contributed by atoms with Crippen LogP contribution in [0.4, 0.5) is 11.4 Å². The van der Waals surface area contributed by atoms with Gasteiger partial charge in [0.25, 0.3) is 5.91 Å².